The lowest BCUT2D eigenvalue weighted by Crippen LogP contribution is -2.40. The first-order valence-electron chi connectivity index (χ1n) is 14.5. The third-order valence-corrected chi connectivity index (χ3v) is 9.11. The number of nitrogens with one attached hydrogen (secondary N) is 1. The summed E-state index contributed by atoms with van der Waals surface area (Å²) in [4.78, 5) is 27.4. The van der Waals surface area contributed by atoms with Gasteiger partial charge in [-0.1, -0.05) is 61.5 Å². The SMILES string of the molecule is CN(C(=O)C1CC1)C1CCC(CC(=O)Nc2cc(-c3ccccc3)c(-c3ccc(C4(C)CC4)cc3)nn2)CC1. The zero-order valence-electron chi connectivity index (χ0n) is 23.0. The van der Waals surface area contributed by atoms with Crippen LogP contribution in [0, 0.1) is 11.8 Å². The normalized spacial score (nSPS) is 21.7. The summed E-state index contributed by atoms with van der Waals surface area (Å²) < 4.78 is 0. The Morgan fingerprint density at radius 2 is 1.59 bits per heavy atom. The average Bonchev–Trinajstić information content (AvgIpc) is 3.91. The van der Waals surface area contributed by atoms with Gasteiger partial charge in [0.15, 0.2) is 5.82 Å². The van der Waals surface area contributed by atoms with Gasteiger partial charge in [-0.15, -0.1) is 10.2 Å². The van der Waals surface area contributed by atoms with Gasteiger partial charge in [-0.25, -0.2) is 0 Å². The van der Waals surface area contributed by atoms with Gasteiger partial charge in [-0.3, -0.25) is 9.59 Å². The molecule has 2 amide bonds. The molecule has 1 N–H and O–H groups in total. The lowest BCUT2D eigenvalue weighted by atomic mass is 9.83. The van der Waals surface area contributed by atoms with Crippen LogP contribution >= 0.6 is 0 Å². The summed E-state index contributed by atoms with van der Waals surface area (Å²) in [5, 5.41) is 12.0. The van der Waals surface area contributed by atoms with Crippen molar-refractivity contribution in [2.24, 2.45) is 11.8 Å². The quantitative estimate of drug-likeness (QED) is 0.361. The molecule has 0 aliphatic heterocycles. The molecule has 0 atom stereocenters. The van der Waals surface area contributed by atoms with E-state index in [0.29, 0.717) is 35.5 Å². The molecule has 0 radical (unpaired) electrons. The van der Waals surface area contributed by atoms with E-state index in [0.717, 1.165) is 60.9 Å². The van der Waals surface area contributed by atoms with Gasteiger partial charge in [0.2, 0.25) is 11.8 Å². The minimum absolute atomic E-state index is 0.0241. The summed E-state index contributed by atoms with van der Waals surface area (Å²) in [6, 6.07) is 21.1. The fourth-order valence-corrected chi connectivity index (χ4v) is 6.00. The Labute approximate surface area is 231 Å². The van der Waals surface area contributed by atoms with E-state index in [9.17, 15) is 9.59 Å². The minimum atomic E-state index is -0.0241. The smallest absolute Gasteiger partial charge is 0.225 e. The Hall–Kier alpha value is -3.54. The fourth-order valence-electron chi connectivity index (χ4n) is 6.00. The van der Waals surface area contributed by atoms with Crippen LogP contribution in [0.25, 0.3) is 22.4 Å². The monoisotopic (exact) mass is 522 g/mol. The molecule has 3 aromatic rings. The molecule has 1 heterocycles. The van der Waals surface area contributed by atoms with Crippen molar-refractivity contribution >= 4 is 17.6 Å². The molecule has 3 aliphatic carbocycles. The number of anilines is 1. The van der Waals surface area contributed by atoms with Crippen molar-refractivity contribution in [1.29, 1.82) is 0 Å². The summed E-state index contributed by atoms with van der Waals surface area (Å²) in [5.74, 6) is 1.35. The first-order chi connectivity index (χ1) is 18.9. The van der Waals surface area contributed by atoms with Crippen LogP contribution in [0.3, 0.4) is 0 Å². The number of nitrogens with zero attached hydrogens (tertiary/aromatic N) is 3. The molecule has 6 heteroatoms. The second kappa shape index (κ2) is 10.6. The summed E-state index contributed by atoms with van der Waals surface area (Å²) in [7, 11) is 1.95. The van der Waals surface area contributed by atoms with Gasteiger partial charge in [-0.2, -0.15) is 0 Å². The first kappa shape index (κ1) is 25.7. The topological polar surface area (TPSA) is 75.2 Å². The molecule has 0 spiro atoms. The second-order valence-electron chi connectivity index (χ2n) is 12.1. The largest absolute Gasteiger partial charge is 0.343 e. The molecule has 3 fully saturated rings. The average molecular weight is 523 g/mol. The van der Waals surface area contributed by atoms with Crippen LogP contribution in [0.2, 0.25) is 0 Å². The van der Waals surface area contributed by atoms with E-state index in [2.05, 4.69) is 58.8 Å². The predicted molar refractivity (Wildman–Crippen MR) is 154 cm³/mol. The molecule has 0 saturated heterocycles. The molecule has 3 aliphatic rings. The molecule has 6 nitrogen and oxygen atoms in total. The third-order valence-electron chi connectivity index (χ3n) is 9.11. The number of benzene rings is 2. The Morgan fingerprint density at radius 3 is 2.23 bits per heavy atom. The van der Waals surface area contributed by atoms with Crippen molar-refractivity contribution in [2.75, 3.05) is 12.4 Å². The lowest BCUT2D eigenvalue weighted by molar-refractivity contribution is -0.134. The number of carbonyl (C=O) groups excluding carboxylic acids is 2. The fraction of sp³-hybridized carbons (Fsp3) is 0.455. The highest BCUT2D eigenvalue weighted by Gasteiger charge is 2.39. The van der Waals surface area contributed by atoms with Crippen LogP contribution in [0.5, 0.6) is 0 Å². The van der Waals surface area contributed by atoms with Crippen molar-refractivity contribution in [3.05, 3.63) is 66.2 Å². The maximum atomic E-state index is 13.0. The number of hydrogen-bond acceptors (Lipinski definition) is 4. The van der Waals surface area contributed by atoms with E-state index in [1.165, 1.54) is 18.4 Å². The summed E-state index contributed by atoms with van der Waals surface area (Å²) in [6.07, 6.45) is 8.92. The van der Waals surface area contributed by atoms with Gasteiger partial charge in [0.05, 0.1) is 0 Å². The Morgan fingerprint density at radius 1 is 0.897 bits per heavy atom. The molecular weight excluding hydrogens is 484 g/mol. The van der Waals surface area contributed by atoms with Crippen molar-refractivity contribution in [3.8, 4) is 22.4 Å². The summed E-state index contributed by atoms with van der Waals surface area (Å²) >= 11 is 0. The highest BCUT2D eigenvalue weighted by atomic mass is 16.2. The van der Waals surface area contributed by atoms with Crippen LogP contribution in [-0.4, -0.2) is 40.0 Å². The molecule has 2 aromatic carbocycles. The summed E-state index contributed by atoms with van der Waals surface area (Å²) in [5.41, 5.74) is 5.53. The predicted octanol–water partition coefficient (Wildman–Crippen LogP) is 6.62. The maximum absolute atomic E-state index is 13.0. The van der Waals surface area contributed by atoms with E-state index in [4.69, 9.17) is 0 Å². The van der Waals surface area contributed by atoms with Gasteiger partial charge in [0, 0.05) is 36.6 Å². The molecular formula is C33H38N4O2. The second-order valence-corrected chi connectivity index (χ2v) is 12.1. The number of amides is 2. The Bertz CT molecular complexity index is 1340. The zero-order valence-corrected chi connectivity index (χ0v) is 23.0. The highest BCUT2D eigenvalue weighted by molar-refractivity contribution is 5.91. The number of rotatable bonds is 8. The van der Waals surface area contributed by atoms with Gasteiger partial charge in [0.1, 0.15) is 5.69 Å². The standard InChI is InChI=1S/C33H38N4O2/c1-33(18-19-33)26-14-12-24(13-15-26)31-28(23-6-4-3-5-7-23)21-29(35-36-31)34-30(38)20-22-8-16-27(17-9-22)37(2)32(39)25-10-11-25/h3-7,12-15,21-22,25,27H,8-11,16-20H2,1-2H3,(H,34,35,38). The van der Waals surface area contributed by atoms with E-state index in [-0.39, 0.29) is 11.8 Å². The number of aromatic nitrogens is 2. The van der Waals surface area contributed by atoms with E-state index >= 15 is 0 Å². The zero-order chi connectivity index (χ0) is 27.0. The van der Waals surface area contributed by atoms with Crippen LogP contribution in [0.15, 0.2) is 60.7 Å². The highest BCUT2D eigenvalue weighted by Crippen LogP contribution is 2.48. The first-order valence-corrected chi connectivity index (χ1v) is 14.5. The van der Waals surface area contributed by atoms with Gasteiger partial charge in [0.25, 0.3) is 0 Å². The molecule has 6 rings (SSSR count). The van der Waals surface area contributed by atoms with Gasteiger partial charge < -0.3 is 10.2 Å². The molecule has 39 heavy (non-hydrogen) atoms. The molecule has 3 saturated carbocycles. The van der Waals surface area contributed by atoms with Crippen molar-refractivity contribution < 1.29 is 9.59 Å². The van der Waals surface area contributed by atoms with E-state index < -0.39 is 0 Å². The molecule has 1 aromatic heterocycles. The van der Waals surface area contributed by atoms with Crippen LogP contribution in [0.1, 0.15) is 70.3 Å². The lowest BCUT2D eigenvalue weighted by Gasteiger charge is -2.34. The molecule has 202 valence electrons. The molecule has 0 bridgehead atoms. The van der Waals surface area contributed by atoms with Crippen molar-refractivity contribution in [2.45, 2.75) is 76.2 Å². The van der Waals surface area contributed by atoms with Crippen LogP contribution in [0.4, 0.5) is 5.82 Å². The van der Waals surface area contributed by atoms with E-state index in [1.54, 1.807) is 0 Å². The van der Waals surface area contributed by atoms with Crippen molar-refractivity contribution in [1.82, 2.24) is 15.1 Å². The Kier molecular flexibility index (Phi) is 6.96. The molecule has 0 unspecified atom stereocenters. The van der Waals surface area contributed by atoms with E-state index in [1.807, 2.05) is 36.2 Å². The van der Waals surface area contributed by atoms with Gasteiger partial charge >= 0.3 is 0 Å². The number of hydrogen-bond donors (Lipinski definition) is 1. The van der Waals surface area contributed by atoms with Crippen LogP contribution in [-0.2, 0) is 15.0 Å². The number of carbonyl (C=O) groups is 2. The van der Waals surface area contributed by atoms with Crippen molar-refractivity contribution in [3.63, 3.8) is 0 Å². The third kappa shape index (κ3) is 5.75. The maximum Gasteiger partial charge on any atom is 0.225 e. The summed E-state index contributed by atoms with van der Waals surface area (Å²) in [6.45, 7) is 2.31. The Balaban J connectivity index is 1.13. The van der Waals surface area contributed by atoms with Crippen LogP contribution < -0.4 is 5.32 Å². The van der Waals surface area contributed by atoms with Gasteiger partial charge in [-0.05, 0) is 79.9 Å². The minimum Gasteiger partial charge on any atom is -0.343 e.